The van der Waals surface area contributed by atoms with E-state index in [0.29, 0.717) is 12.0 Å². The highest BCUT2D eigenvalue weighted by atomic mass is 16.4. The van der Waals surface area contributed by atoms with Gasteiger partial charge in [0, 0.05) is 31.8 Å². The molecule has 9 heteroatoms. The number of carboxylic acid groups (broad SMARTS) is 1. The molecule has 3 amide bonds. The second kappa shape index (κ2) is 7.12. The van der Waals surface area contributed by atoms with E-state index in [4.69, 9.17) is 10.8 Å². The monoisotopic (exact) mass is 283 g/mol. The number of carbonyl (C=O) groups is 3. The van der Waals surface area contributed by atoms with Crippen LogP contribution in [0.5, 0.6) is 0 Å². The van der Waals surface area contributed by atoms with Gasteiger partial charge < -0.3 is 21.5 Å². The summed E-state index contributed by atoms with van der Waals surface area (Å²) in [5.41, 5.74) is 5.32. The lowest BCUT2D eigenvalue weighted by molar-refractivity contribution is -0.139. The minimum absolute atomic E-state index is 0.158. The molecule has 9 nitrogen and oxygen atoms in total. The fraction of sp³-hybridized carbons (Fsp3) is 0.455. The van der Waals surface area contributed by atoms with Crippen molar-refractivity contribution in [2.24, 2.45) is 12.8 Å². The molecule has 1 aromatic heterocycles. The van der Waals surface area contributed by atoms with Crippen LogP contribution in [-0.2, 0) is 16.6 Å². The van der Waals surface area contributed by atoms with E-state index < -0.39 is 23.9 Å². The molecule has 0 fully saturated rings. The number of aryl methyl sites for hydroxylation is 1. The smallest absolute Gasteiger partial charge is 0.331 e. The highest BCUT2D eigenvalue weighted by Gasteiger charge is 2.23. The van der Waals surface area contributed by atoms with Crippen LogP contribution >= 0.6 is 0 Å². The van der Waals surface area contributed by atoms with Crippen LogP contribution in [0.1, 0.15) is 24.4 Å². The van der Waals surface area contributed by atoms with Crippen molar-refractivity contribution >= 4 is 17.9 Å². The summed E-state index contributed by atoms with van der Waals surface area (Å²) in [4.78, 5) is 33.2. The van der Waals surface area contributed by atoms with Crippen molar-refractivity contribution < 1.29 is 19.5 Å². The van der Waals surface area contributed by atoms with Crippen LogP contribution in [-0.4, -0.2) is 39.3 Å². The highest BCUT2D eigenvalue weighted by molar-refractivity contribution is 5.83. The molecule has 20 heavy (non-hydrogen) atoms. The SMILES string of the molecule is Cn1cc(C(NC(=O)NCCCC(N)=O)C(=O)O)cn1. The summed E-state index contributed by atoms with van der Waals surface area (Å²) in [5, 5.41) is 17.7. The maximum atomic E-state index is 11.6. The maximum Gasteiger partial charge on any atom is 0.331 e. The third-order valence-electron chi connectivity index (χ3n) is 2.47. The van der Waals surface area contributed by atoms with Crippen LogP contribution < -0.4 is 16.4 Å². The summed E-state index contributed by atoms with van der Waals surface area (Å²) >= 11 is 0. The van der Waals surface area contributed by atoms with Gasteiger partial charge in [-0.2, -0.15) is 5.10 Å². The Morgan fingerprint density at radius 3 is 2.70 bits per heavy atom. The molecule has 5 N–H and O–H groups in total. The topological polar surface area (TPSA) is 139 Å². The van der Waals surface area contributed by atoms with Crippen molar-refractivity contribution in [3.8, 4) is 0 Å². The van der Waals surface area contributed by atoms with Crippen LogP contribution in [0.25, 0.3) is 0 Å². The van der Waals surface area contributed by atoms with Crippen LogP contribution in [0.2, 0.25) is 0 Å². The number of carboxylic acids is 1. The second-order valence-corrected chi connectivity index (χ2v) is 4.19. The molecule has 0 radical (unpaired) electrons. The lowest BCUT2D eigenvalue weighted by Gasteiger charge is -2.13. The van der Waals surface area contributed by atoms with Gasteiger partial charge in [-0.1, -0.05) is 0 Å². The van der Waals surface area contributed by atoms with E-state index >= 15 is 0 Å². The summed E-state index contributed by atoms with van der Waals surface area (Å²) in [6, 6.07) is -1.81. The van der Waals surface area contributed by atoms with Crippen molar-refractivity contribution in [3.05, 3.63) is 18.0 Å². The highest BCUT2D eigenvalue weighted by Crippen LogP contribution is 2.11. The molecule has 1 heterocycles. The number of nitrogens with one attached hydrogen (secondary N) is 2. The Labute approximate surface area is 115 Å². The van der Waals surface area contributed by atoms with Gasteiger partial charge >= 0.3 is 12.0 Å². The average molecular weight is 283 g/mol. The van der Waals surface area contributed by atoms with Crippen molar-refractivity contribution in [2.45, 2.75) is 18.9 Å². The number of hydrogen-bond acceptors (Lipinski definition) is 4. The number of aromatic nitrogens is 2. The average Bonchev–Trinajstić information content (AvgIpc) is 2.77. The minimum Gasteiger partial charge on any atom is -0.479 e. The molecule has 0 spiro atoms. The zero-order valence-electron chi connectivity index (χ0n) is 11.0. The van der Waals surface area contributed by atoms with Gasteiger partial charge in [0.1, 0.15) is 0 Å². The molecular weight excluding hydrogens is 266 g/mol. The first-order chi connectivity index (χ1) is 9.40. The fourth-order valence-corrected chi connectivity index (χ4v) is 1.52. The summed E-state index contributed by atoms with van der Waals surface area (Å²) in [5.74, 6) is -1.64. The molecule has 0 bridgehead atoms. The normalized spacial score (nSPS) is 11.7. The van der Waals surface area contributed by atoms with Crippen LogP contribution in [0.15, 0.2) is 12.4 Å². The molecule has 1 aromatic rings. The first kappa shape index (κ1) is 15.5. The zero-order chi connectivity index (χ0) is 15.1. The molecule has 1 rings (SSSR count). The van der Waals surface area contributed by atoms with Gasteiger partial charge in [0.25, 0.3) is 0 Å². The molecule has 110 valence electrons. The molecule has 0 aliphatic rings. The molecule has 0 aliphatic carbocycles. The number of nitrogens with zero attached hydrogens (tertiary/aromatic N) is 2. The molecule has 0 saturated carbocycles. The van der Waals surface area contributed by atoms with Crippen molar-refractivity contribution in [1.82, 2.24) is 20.4 Å². The van der Waals surface area contributed by atoms with Crippen molar-refractivity contribution in [2.75, 3.05) is 6.54 Å². The predicted molar refractivity (Wildman–Crippen MR) is 68.5 cm³/mol. The Morgan fingerprint density at radius 2 is 2.20 bits per heavy atom. The molecule has 1 unspecified atom stereocenters. The van der Waals surface area contributed by atoms with E-state index in [1.807, 2.05) is 0 Å². The third-order valence-corrected chi connectivity index (χ3v) is 2.47. The van der Waals surface area contributed by atoms with Crippen molar-refractivity contribution in [1.29, 1.82) is 0 Å². The molecule has 0 aromatic carbocycles. The fourth-order valence-electron chi connectivity index (χ4n) is 1.52. The first-order valence-corrected chi connectivity index (χ1v) is 5.94. The van der Waals surface area contributed by atoms with Gasteiger partial charge in [0.05, 0.1) is 6.20 Å². The van der Waals surface area contributed by atoms with E-state index in [9.17, 15) is 14.4 Å². The van der Waals surface area contributed by atoms with Gasteiger partial charge in [0.15, 0.2) is 6.04 Å². The number of aliphatic carboxylic acids is 1. The van der Waals surface area contributed by atoms with Gasteiger partial charge in [-0.05, 0) is 6.42 Å². The molecular formula is C11H17N5O4. The Bertz CT molecular complexity index is 499. The maximum absolute atomic E-state index is 11.6. The number of nitrogens with two attached hydrogens (primary N) is 1. The van der Waals surface area contributed by atoms with Crippen LogP contribution in [0.4, 0.5) is 4.79 Å². The van der Waals surface area contributed by atoms with E-state index in [1.54, 1.807) is 7.05 Å². The lowest BCUT2D eigenvalue weighted by atomic mass is 10.1. The Hall–Kier alpha value is -2.58. The predicted octanol–water partition coefficient (Wildman–Crippen LogP) is -0.889. The van der Waals surface area contributed by atoms with Gasteiger partial charge in [-0.25, -0.2) is 9.59 Å². The summed E-state index contributed by atoms with van der Waals surface area (Å²) in [7, 11) is 1.65. The van der Waals surface area contributed by atoms with E-state index in [-0.39, 0.29) is 13.0 Å². The number of rotatable bonds is 7. The van der Waals surface area contributed by atoms with E-state index in [1.165, 1.54) is 17.1 Å². The largest absolute Gasteiger partial charge is 0.479 e. The molecule has 0 aliphatic heterocycles. The van der Waals surface area contributed by atoms with E-state index in [2.05, 4.69) is 15.7 Å². The van der Waals surface area contributed by atoms with Crippen LogP contribution in [0, 0.1) is 0 Å². The summed E-state index contributed by atoms with van der Waals surface area (Å²) in [6.07, 6.45) is 3.43. The zero-order valence-corrected chi connectivity index (χ0v) is 11.0. The van der Waals surface area contributed by atoms with Gasteiger partial charge in [-0.3, -0.25) is 9.48 Å². The molecule has 0 saturated heterocycles. The van der Waals surface area contributed by atoms with Crippen molar-refractivity contribution in [3.63, 3.8) is 0 Å². The lowest BCUT2D eigenvalue weighted by Crippen LogP contribution is -2.41. The number of hydrogen-bond donors (Lipinski definition) is 4. The number of amides is 3. The van der Waals surface area contributed by atoms with Gasteiger partial charge in [-0.15, -0.1) is 0 Å². The summed E-state index contributed by atoms with van der Waals surface area (Å²) < 4.78 is 1.44. The number of carbonyl (C=O) groups excluding carboxylic acids is 2. The van der Waals surface area contributed by atoms with Crippen LogP contribution in [0.3, 0.4) is 0 Å². The second-order valence-electron chi connectivity index (χ2n) is 4.19. The first-order valence-electron chi connectivity index (χ1n) is 5.94. The van der Waals surface area contributed by atoms with Gasteiger partial charge in [0.2, 0.25) is 5.91 Å². The number of primary amides is 1. The Kier molecular flexibility index (Phi) is 5.51. The van der Waals surface area contributed by atoms with E-state index in [0.717, 1.165) is 0 Å². The standard InChI is InChI=1S/C11H17N5O4/c1-16-6-7(5-14-16)9(10(18)19)15-11(20)13-4-2-3-8(12)17/h5-6,9H,2-4H2,1H3,(H2,12,17)(H,18,19)(H2,13,15,20). The summed E-state index contributed by atoms with van der Waals surface area (Å²) in [6.45, 7) is 0.230. The third kappa shape index (κ3) is 4.96. The Morgan fingerprint density at radius 1 is 1.50 bits per heavy atom. The minimum atomic E-state index is -1.19. The Balaban J connectivity index is 2.48. The quantitative estimate of drug-likeness (QED) is 0.481. The molecule has 1 atom stereocenters. The number of urea groups is 1.